The summed E-state index contributed by atoms with van der Waals surface area (Å²) in [6, 6.07) is 19.2. The summed E-state index contributed by atoms with van der Waals surface area (Å²) in [6.45, 7) is 8.53. The molecule has 1 atom stereocenters. The van der Waals surface area contributed by atoms with Crippen molar-refractivity contribution in [1.82, 2.24) is 4.57 Å². The van der Waals surface area contributed by atoms with Crippen LogP contribution in [0.25, 0.3) is 6.08 Å². The number of allylic oxidation sites excluding steroid dienone is 1. The van der Waals surface area contributed by atoms with E-state index in [9.17, 15) is 9.59 Å². The molecule has 1 aromatic heterocycles. The van der Waals surface area contributed by atoms with Crippen LogP contribution in [0.4, 0.5) is 0 Å². The Bertz CT molecular complexity index is 2010. The van der Waals surface area contributed by atoms with Crippen LogP contribution in [-0.4, -0.2) is 30.4 Å². The predicted molar refractivity (Wildman–Crippen MR) is 176 cm³/mol. The number of fused-ring (bicyclic) bond motifs is 1. The monoisotopic (exact) mass is 657 g/mol. The third-order valence-electron chi connectivity index (χ3n) is 7.12. The van der Waals surface area contributed by atoms with Crippen molar-refractivity contribution in [3.8, 4) is 23.3 Å². The Labute approximate surface area is 275 Å². The second-order valence-corrected chi connectivity index (χ2v) is 11.6. The lowest BCUT2D eigenvalue weighted by Crippen LogP contribution is -2.39. The number of ether oxygens (including phenoxy) is 4. The van der Waals surface area contributed by atoms with Crippen LogP contribution in [0, 0.1) is 11.3 Å². The van der Waals surface area contributed by atoms with Crippen LogP contribution in [0.15, 0.2) is 81.7 Å². The molecule has 0 fully saturated rings. The van der Waals surface area contributed by atoms with Crippen LogP contribution >= 0.6 is 22.9 Å². The summed E-state index contributed by atoms with van der Waals surface area (Å²) >= 11 is 7.91. The van der Waals surface area contributed by atoms with Crippen LogP contribution in [-0.2, 0) is 16.1 Å². The number of rotatable bonds is 11. The Balaban J connectivity index is 1.56. The lowest BCUT2D eigenvalue weighted by Gasteiger charge is -2.24. The number of hydrogen-bond acceptors (Lipinski definition) is 9. The van der Waals surface area contributed by atoms with Gasteiger partial charge in [-0.25, -0.2) is 9.79 Å². The first kappa shape index (κ1) is 32.5. The summed E-state index contributed by atoms with van der Waals surface area (Å²) in [5.41, 5.74) is 3.24. The topological polar surface area (TPSA) is 112 Å². The number of carbonyl (C=O) groups excluding carboxylic acids is 1. The summed E-state index contributed by atoms with van der Waals surface area (Å²) in [6.07, 6.45) is 1.72. The summed E-state index contributed by atoms with van der Waals surface area (Å²) in [5, 5.41) is 9.36. The van der Waals surface area contributed by atoms with Crippen molar-refractivity contribution < 1.29 is 23.7 Å². The maximum absolute atomic E-state index is 14.0. The average molecular weight is 658 g/mol. The van der Waals surface area contributed by atoms with Gasteiger partial charge in [0.1, 0.15) is 12.4 Å². The second-order valence-electron chi connectivity index (χ2n) is 10.2. The number of benzene rings is 3. The molecule has 0 radical (unpaired) electrons. The van der Waals surface area contributed by atoms with Gasteiger partial charge in [-0.2, -0.15) is 5.26 Å². The summed E-state index contributed by atoms with van der Waals surface area (Å²) < 4.78 is 24.8. The average Bonchev–Trinajstić information content (AvgIpc) is 3.34. The van der Waals surface area contributed by atoms with E-state index in [0.717, 1.165) is 11.1 Å². The largest absolute Gasteiger partial charge is 0.494 e. The zero-order chi connectivity index (χ0) is 32.8. The highest BCUT2D eigenvalue weighted by molar-refractivity contribution is 7.07. The SMILES string of the molecule is CCOC(=O)C1=C(C)N=c2s/c(=C\c3cc(Cl)c(OCc4ccc(C#N)cc4)c(OCC)c3)c(=O)n2[C@@H]1c1ccc(OCC)cc1. The number of halogens is 1. The fraction of sp³-hybridized carbons (Fsp3) is 0.257. The maximum atomic E-state index is 14.0. The third kappa shape index (κ3) is 6.86. The Hall–Kier alpha value is -4.85. The molecular weight excluding hydrogens is 626 g/mol. The van der Waals surface area contributed by atoms with Crippen molar-refractivity contribution in [3.63, 3.8) is 0 Å². The van der Waals surface area contributed by atoms with Crippen molar-refractivity contribution in [2.45, 2.75) is 40.3 Å². The molecule has 1 aliphatic rings. The third-order valence-corrected chi connectivity index (χ3v) is 8.38. The van der Waals surface area contributed by atoms with E-state index in [-0.39, 0.29) is 18.8 Å². The number of thiazole rings is 1. The number of aromatic nitrogens is 1. The van der Waals surface area contributed by atoms with E-state index >= 15 is 0 Å². The first-order valence-electron chi connectivity index (χ1n) is 14.8. The molecule has 0 unspecified atom stereocenters. The van der Waals surface area contributed by atoms with Gasteiger partial charge in [0.2, 0.25) is 0 Å². The molecule has 11 heteroatoms. The first-order valence-corrected chi connectivity index (χ1v) is 16.0. The molecule has 236 valence electrons. The van der Waals surface area contributed by atoms with Gasteiger partial charge in [0.05, 0.1) is 58.3 Å². The minimum atomic E-state index is -0.742. The van der Waals surface area contributed by atoms with Crippen LogP contribution < -0.4 is 29.1 Å². The van der Waals surface area contributed by atoms with Crippen molar-refractivity contribution >= 4 is 35.0 Å². The second kappa shape index (κ2) is 14.5. The van der Waals surface area contributed by atoms with E-state index in [1.165, 1.54) is 15.9 Å². The van der Waals surface area contributed by atoms with E-state index in [2.05, 4.69) is 11.1 Å². The Morgan fingerprint density at radius 2 is 1.74 bits per heavy atom. The van der Waals surface area contributed by atoms with Gasteiger partial charge in [-0.3, -0.25) is 9.36 Å². The van der Waals surface area contributed by atoms with E-state index in [1.807, 2.05) is 50.2 Å². The van der Waals surface area contributed by atoms with Gasteiger partial charge in [0.25, 0.3) is 5.56 Å². The molecule has 1 aliphatic heterocycles. The molecule has 0 saturated carbocycles. The van der Waals surface area contributed by atoms with E-state index in [0.29, 0.717) is 67.2 Å². The quantitative estimate of drug-likeness (QED) is 0.190. The van der Waals surface area contributed by atoms with Crippen molar-refractivity contribution in [1.29, 1.82) is 5.26 Å². The molecule has 0 spiro atoms. The zero-order valence-corrected chi connectivity index (χ0v) is 27.4. The number of nitriles is 1. The predicted octanol–water partition coefficient (Wildman–Crippen LogP) is 5.70. The standard InChI is InChI=1S/C35H32ClN3O6S/c1-5-42-26-14-12-25(13-15-26)31-30(34(41)44-7-3)21(4)38-35-39(31)33(40)29(46-35)18-24-16-27(36)32(28(17-24)43-6-2)45-20-23-10-8-22(19-37)9-11-23/h8-18,31H,5-7,20H2,1-4H3/b29-18-/t31-/m1/s1. The van der Waals surface area contributed by atoms with E-state index in [4.69, 9.17) is 35.8 Å². The molecule has 4 aromatic rings. The molecule has 0 N–H and O–H groups in total. The Morgan fingerprint density at radius 1 is 1.02 bits per heavy atom. The molecule has 0 amide bonds. The molecule has 46 heavy (non-hydrogen) atoms. The molecule has 2 heterocycles. The number of hydrogen-bond donors (Lipinski definition) is 0. The number of esters is 1. The van der Waals surface area contributed by atoms with Crippen molar-refractivity contribution in [2.24, 2.45) is 4.99 Å². The van der Waals surface area contributed by atoms with Gasteiger partial charge in [-0.15, -0.1) is 0 Å². The van der Waals surface area contributed by atoms with Crippen LogP contribution in [0.5, 0.6) is 17.2 Å². The van der Waals surface area contributed by atoms with Crippen molar-refractivity contribution in [3.05, 3.63) is 119 Å². The smallest absolute Gasteiger partial charge is 0.338 e. The lowest BCUT2D eigenvalue weighted by molar-refractivity contribution is -0.139. The van der Waals surface area contributed by atoms with E-state index < -0.39 is 12.0 Å². The first-order chi connectivity index (χ1) is 22.3. The number of nitrogens with zero attached hydrogens (tertiary/aromatic N) is 3. The number of carbonyl (C=O) groups is 1. The molecule has 0 aliphatic carbocycles. The van der Waals surface area contributed by atoms with Crippen LogP contribution in [0.2, 0.25) is 5.02 Å². The minimum absolute atomic E-state index is 0.187. The Kier molecular flexibility index (Phi) is 10.3. The van der Waals surface area contributed by atoms with Crippen LogP contribution in [0.1, 0.15) is 56.0 Å². The molecular formula is C35H32ClN3O6S. The lowest BCUT2D eigenvalue weighted by atomic mass is 9.96. The highest BCUT2D eigenvalue weighted by Crippen LogP contribution is 2.38. The van der Waals surface area contributed by atoms with Gasteiger partial charge >= 0.3 is 5.97 Å². The maximum Gasteiger partial charge on any atom is 0.338 e. The summed E-state index contributed by atoms with van der Waals surface area (Å²) in [5.74, 6) is 0.956. The molecule has 0 saturated heterocycles. The highest BCUT2D eigenvalue weighted by atomic mass is 35.5. The molecule has 9 nitrogen and oxygen atoms in total. The summed E-state index contributed by atoms with van der Waals surface area (Å²) in [7, 11) is 0. The normalized spacial score (nSPS) is 14.3. The molecule has 3 aromatic carbocycles. The molecule has 5 rings (SSSR count). The zero-order valence-electron chi connectivity index (χ0n) is 25.8. The van der Waals surface area contributed by atoms with Gasteiger partial charge in [0, 0.05) is 0 Å². The highest BCUT2D eigenvalue weighted by Gasteiger charge is 2.33. The van der Waals surface area contributed by atoms with Crippen LogP contribution in [0.3, 0.4) is 0 Å². The van der Waals surface area contributed by atoms with Crippen molar-refractivity contribution in [2.75, 3.05) is 19.8 Å². The van der Waals surface area contributed by atoms with Gasteiger partial charge in [-0.1, -0.05) is 47.2 Å². The minimum Gasteiger partial charge on any atom is -0.494 e. The molecule has 0 bridgehead atoms. The van der Waals surface area contributed by atoms with Gasteiger partial charge in [0.15, 0.2) is 16.3 Å². The van der Waals surface area contributed by atoms with E-state index in [1.54, 1.807) is 44.2 Å². The van der Waals surface area contributed by atoms with Gasteiger partial charge in [-0.05, 0) is 86.9 Å². The van der Waals surface area contributed by atoms with Gasteiger partial charge < -0.3 is 18.9 Å². The fourth-order valence-corrected chi connectivity index (χ4v) is 6.40. The Morgan fingerprint density at radius 3 is 2.39 bits per heavy atom. The fourth-order valence-electron chi connectivity index (χ4n) is 5.08. The summed E-state index contributed by atoms with van der Waals surface area (Å²) in [4.78, 5) is 32.3.